The van der Waals surface area contributed by atoms with E-state index in [9.17, 15) is 14.7 Å². The highest BCUT2D eigenvalue weighted by atomic mass is 16.4. The molecule has 1 aliphatic heterocycles. The van der Waals surface area contributed by atoms with Crippen molar-refractivity contribution in [3.05, 3.63) is 0 Å². The van der Waals surface area contributed by atoms with E-state index >= 15 is 0 Å². The van der Waals surface area contributed by atoms with Crippen LogP contribution in [-0.2, 0) is 9.59 Å². The van der Waals surface area contributed by atoms with Crippen LogP contribution in [0.4, 0.5) is 0 Å². The molecule has 1 aliphatic carbocycles. The zero-order valence-corrected chi connectivity index (χ0v) is 10.2. The maximum Gasteiger partial charge on any atom is 0.309 e. The number of rotatable bonds is 3. The van der Waals surface area contributed by atoms with Gasteiger partial charge in [-0.25, -0.2) is 0 Å². The number of carboxylic acid groups (broad SMARTS) is 1. The molecule has 2 aliphatic rings. The first kappa shape index (κ1) is 12.4. The van der Waals surface area contributed by atoms with Crippen LogP contribution in [-0.4, -0.2) is 35.5 Å². The van der Waals surface area contributed by atoms with Crippen LogP contribution in [0.2, 0.25) is 0 Å². The summed E-state index contributed by atoms with van der Waals surface area (Å²) in [6, 6.07) is 0. The minimum Gasteiger partial charge on any atom is -0.481 e. The molecule has 0 aromatic carbocycles. The number of hydrogen-bond acceptors (Lipinski definition) is 2. The molecule has 1 heterocycles. The van der Waals surface area contributed by atoms with Gasteiger partial charge in [0.05, 0.1) is 5.41 Å². The van der Waals surface area contributed by atoms with Crippen molar-refractivity contribution < 1.29 is 14.7 Å². The molecule has 1 amide bonds. The highest BCUT2D eigenvalue weighted by Gasteiger charge is 2.46. The molecular weight excluding hydrogens is 218 g/mol. The Morgan fingerprint density at radius 2 is 1.76 bits per heavy atom. The average Bonchev–Trinajstić information content (AvgIpc) is 2.39. The molecule has 17 heavy (non-hydrogen) atoms. The lowest BCUT2D eigenvalue weighted by Crippen LogP contribution is -2.46. The van der Waals surface area contributed by atoms with Crippen LogP contribution in [0.15, 0.2) is 0 Å². The molecule has 1 N–H and O–H groups in total. The molecule has 0 aromatic heterocycles. The lowest BCUT2D eigenvalue weighted by Gasteiger charge is -2.43. The number of carboxylic acids is 1. The first-order valence-electron chi connectivity index (χ1n) is 6.62. The summed E-state index contributed by atoms with van der Waals surface area (Å²) in [6.07, 6.45) is 7.49. The van der Waals surface area contributed by atoms with Crippen LogP contribution in [0.3, 0.4) is 0 Å². The van der Waals surface area contributed by atoms with Crippen molar-refractivity contribution >= 4 is 12.4 Å². The molecule has 0 bridgehead atoms. The van der Waals surface area contributed by atoms with E-state index in [0.29, 0.717) is 0 Å². The summed E-state index contributed by atoms with van der Waals surface area (Å²) >= 11 is 0. The van der Waals surface area contributed by atoms with Crippen LogP contribution in [0.1, 0.15) is 44.9 Å². The number of carbonyl (C=O) groups excluding carboxylic acids is 1. The second kappa shape index (κ2) is 5.07. The van der Waals surface area contributed by atoms with E-state index in [4.69, 9.17) is 0 Å². The number of piperidine rings is 1. The minimum atomic E-state index is -0.609. The second-order valence-corrected chi connectivity index (χ2v) is 5.44. The van der Waals surface area contributed by atoms with Crippen LogP contribution in [0, 0.1) is 11.3 Å². The summed E-state index contributed by atoms with van der Waals surface area (Å²) in [7, 11) is 0. The third kappa shape index (κ3) is 2.31. The largest absolute Gasteiger partial charge is 0.481 e. The van der Waals surface area contributed by atoms with E-state index in [1.165, 1.54) is 6.42 Å². The van der Waals surface area contributed by atoms with E-state index in [1.54, 1.807) is 4.90 Å². The Balaban J connectivity index is 2.07. The van der Waals surface area contributed by atoms with E-state index < -0.39 is 11.4 Å². The van der Waals surface area contributed by atoms with Crippen LogP contribution >= 0.6 is 0 Å². The summed E-state index contributed by atoms with van der Waals surface area (Å²) < 4.78 is 0. The molecule has 0 aromatic rings. The maximum absolute atomic E-state index is 11.6. The standard InChI is InChI=1S/C13H21NO3/c15-10-14-8-4-11(5-9-14)13(12(16)17)6-2-1-3-7-13/h10-11H,1-9H2,(H,16,17). The number of amides is 1. The Morgan fingerprint density at radius 1 is 1.18 bits per heavy atom. The molecule has 2 rings (SSSR count). The fourth-order valence-corrected chi connectivity index (χ4v) is 3.54. The van der Waals surface area contributed by atoms with E-state index in [1.807, 2.05) is 0 Å². The predicted molar refractivity (Wildman–Crippen MR) is 63.5 cm³/mol. The molecule has 0 radical (unpaired) electrons. The number of nitrogens with zero attached hydrogens (tertiary/aromatic N) is 1. The molecule has 4 heteroatoms. The SMILES string of the molecule is O=CN1CCC(C2(C(=O)O)CCCCC2)CC1. The molecule has 0 atom stereocenters. The number of carbonyl (C=O) groups is 2. The lowest BCUT2D eigenvalue weighted by atomic mass is 9.63. The number of likely N-dealkylation sites (tertiary alicyclic amines) is 1. The number of aliphatic carboxylic acids is 1. The molecule has 0 spiro atoms. The minimum absolute atomic E-state index is 0.261. The molecule has 96 valence electrons. The molecule has 1 saturated heterocycles. The van der Waals surface area contributed by atoms with Gasteiger partial charge in [0, 0.05) is 13.1 Å². The Hall–Kier alpha value is -1.06. The molecule has 1 saturated carbocycles. The Labute approximate surface area is 102 Å². The zero-order valence-electron chi connectivity index (χ0n) is 10.2. The van der Waals surface area contributed by atoms with Gasteiger partial charge in [-0.15, -0.1) is 0 Å². The van der Waals surface area contributed by atoms with Gasteiger partial charge in [0.1, 0.15) is 0 Å². The van der Waals surface area contributed by atoms with Crippen molar-refractivity contribution in [1.29, 1.82) is 0 Å². The Kier molecular flexibility index (Phi) is 3.69. The lowest BCUT2D eigenvalue weighted by molar-refractivity contribution is -0.157. The highest BCUT2D eigenvalue weighted by molar-refractivity contribution is 5.75. The van der Waals surface area contributed by atoms with E-state index in [-0.39, 0.29) is 5.92 Å². The van der Waals surface area contributed by atoms with Gasteiger partial charge < -0.3 is 10.0 Å². The summed E-state index contributed by atoms with van der Waals surface area (Å²) in [5.74, 6) is -0.349. The van der Waals surface area contributed by atoms with Gasteiger partial charge in [0.15, 0.2) is 0 Å². The van der Waals surface area contributed by atoms with E-state index in [0.717, 1.165) is 58.0 Å². The summed E-state index contributed by atoms with van der Waals surface area (Å²) in [6.45, 7) is 1.45. The highest BCUT2D eigenvalue weighted by Crippen LogP contribution is 2.46. The first-order valence-corrected chi connectivity index (χ1v) is 6.62. The maximum atomic E-state index is 11.6. The fraction of sp³-hybridized carbons (Fsp3) is 0.846. The van der Waals surface area contributed by atoms with Gasteiger partial charge in [0.2, 0.25) is 6.41 Å². The fourth-order valence-electron chi connectivity index (χ4n) is 3.54. The Morgan fingerprint density at radius 3 is 2.24 bits per heavy atom. The van der Waals surface area contributed by atoms with Crippen LogP contribution < -0.4 is 0 Å². The average molecular weight is 239 g/mol. The van der Waals surface area contributed by atoms with Crippen molar-refractivity contribution in [3.63, 3.8) is 0 Å². The van der Waals surface area contributed by atoms with Crippen molar-refractivity contribution in [2.24, 2.45) is 11.3 Å². The summed E-state index contributed by atoms with van der Waals surface area (Å²) in [4.78, 5) is 24.1. The third-order valence-electron chi connectivity index (χ3n) is 4.63. The predicted octanol–water partition coefficient (Wildman–Crippen LogP) is 1.89. The van der Waals surface area contributed by atoms with Gasteiger partial charge in [-0.2, -0.15) is 0 Å². The van der Waals surface area contributed by atoms with Gasteiger partial charge >= 0.3 is 5.97 Å². The van der Waals surface area contributed by atoms with Crippen LogP contribution in [0.25, 0.3) is 0 Å². The first-order chi connectivity index (χ1) is 8.19. The third-order valence-corrected chi connectivity index (χ3v) is 4.63. The molecule has 2 fully saturated rings. The van der Waals surface area contributed by atoms with Gasteiger partial charge in [0.25, 0.3) is 0 Å². The topological polar surface area (TPSA) is 57.6 Å². The van der Waals surface area contributed by atoms with Gasteiger partial charge in [-0.3, -0.25) is 9.59 Å². The van der Waals surface area contributed by atoms with E-state index in [2.05, 4.69) is 0 Å². The van der Waals surface area contributed by atoms with Crippen LogP contribution in [0.5, 0.6) is 0 Å². The monoisotopic (exact) mass is 239 g/mol. The van der Waals surface area contributed by atoms with Crippen molar-refractivity contribution in [1.82, 2.24) is 4.90 Å². The van der Waals surface area contributed by atoms with Crippen molar-refractivity contribution in [2.45, 2.75) is 44.9 Å². The second-order valence-electron chi connectivity index (χ2n) is 5.44. The Bertz CT molecular complexity index is 289. The zero-order chi connectivity index (χ0) is 12.3. The van der Waals surface area contributed by atoms with Crippen molar-refractivity contribution in [2.75, 3.05) is 13.1 Å². The summed E-state index contributed by atoms with van der Waals surface area (Å²) in [5.41, 5.74) is -0.493. The van der Waals surface area contributed by atoms with Gasteiger partial charge in [-0.1, -0.05) is 19.3 Å². The summed E-state index contributed by atoms with van der Waals surface area (Å²) in [5, 5.41) is 9.58. The molecule has 0 unspecified atom stereocenters. The van der Waals surface area contributed by atoms with Crippen molar-refractivity contribution in [3.8, 4) is 0 Å². The number of hydrogen-bond donors (Lipinski definition) is 1. The molecular formula is C13H21NO3. The van der Waals surface area contributed by atoms with Gasteiger partial charge in [-0.05, 0) is 31.6 Å². The molecule has 4 nitrogen and oxygen atoms in total. The smallest absolute Gasteiger partial charge is 0.309 e. The normalized spacial score (nSPS) is 25.5. The quantitative estimate of drug-likeness (QED) is 0.765.